The maximum atomic E-state index is 13.4. The molecule has 1 fully saturated rings. The lowest BCUT2D eigenvalue weighted by molar-refractivity contribution is 0.0679. The van der Waals surface area contributed by atoms with E-state index in [1.165, 1.54) is 0 Å². The van der Waals surface area contributed by atoms with Crippen LogP contribution in [0.3, 0.4) is 0 Å². The number of aromatic nitrogens is 2. The van der Waals surface area contributed by atoms with Crippen LogP contribution in [-0.2, 0) is 4.74 Å². The molecule has 5 rings (SSSR count). The first-order valence-corrected chi connectivity index (χ1v) is 10.8. The molecule has 3 aromatic rings. The number of rotatable bonds is 4. The summed E-state index contributed by atoms with van der Waals surface area (Å²) < 4.78 is 11.4. The van der Waals surface area contributed by atoms with Gasteiger partial charge in [-0.1, -0.05) is 12.1 Å². The molecule has 0 radical (unpaired) electrons. The van der Waals surface area contributed by atoms with Crippen molar-refractivity contribution in [3.8, 4) is 5.75 Å². The Bertz CT molecular complexity index is 1080. The van der Waals surface area contributed by atoms with Crippen molar-refractivity contribution < 1.29 is 14.3 Å². The van der Waals surface area contributed by atoms with Crippen LogP contribution in [0.4, 0.5) is 11.6 Å². The molecule has 1 atom stereocenters. The fourth-order valence-electron chi connectivity index (χ4n) is 4.11. The summed E-state index contributed by atoms with van der Waals surface area (Å²) in [6, 6.07) is 15.1. The lowest BCUT2D eigenvalue weighted by atomic mass is 10.2. The molecular formula is C24H26N4O3. The average molecular weight is 418 g/mol. The zero-order chi connectivity index (χ0) is 21.2. The van der Waals surface area contributed by atoms with Gasteiger partial charge in [0.2, 0.25) is 0 Å². The highest BCUT2D eigenvalue weighted by Crippen LogP contribution is 2.31. The van der Waals surface area contributed by atoms with E-state index in [2.05, 4.69) is 4.90 Å². The molecule has 3 heterocycles. The van der Waals surface area contributed by atoms with Crippen molar-refractivity contribution in [2.45, 2.75) is 25.4 Å². The number of hydrogen-bond donors (Lipinski definition) is 0. The van der Waals surface area contributed by atoms with E-state index in [1.807, 2.05) is 55.6 Å². The number of carbonyl (C=O) groups excluding carboxylic acids is 1. The Labute approximate surface area is 181 Å². The van der Waals surface area contributed by atoms with Gasteiger partial charge in [-0.2, -0.15) is 0 Å². The average Bonchev–Trinajstić information content (AvgIpc) is 3.28. The van der Waals surface area contributed by atoms with Gasteiger partial charge in [0.15, 0.2) is 11.6 Å². The van der Waals surface area contributed by atoms with E-state index in [4.69, 9.17) is 19.4 Å². The third-order valence-corrected chi connectivity index (χ3v) is 5.83. The number of ether oxygens (including phenoxy) is 2. The molecule has 1 amide bonds. The van der Waals surface area contributed by atoms with Gasteiger partial charge >= 0.3 is 0 Å². The van der Waals surface area contributed by atoms with Crippen LogP contribution in [0.1, 0.15) is 29.6 Å². The number of para-hydroxylation sites is 2. The Hall–Kier alpha value is -3.19. The zero-order valence-electron chi connectivity index (χ0n) is 17.7. The number of fused-ring (bicyclic) bond motifs is 2. The quantitative estimate of drug-likeness (QED) is 0.644. The van der Waals surface area contributed by atoms with Crippen molar-refractivity contribution in [1.29, 1.82) is 0 Å². The highest BCUT2D eigenvalue weighted by molar-refractivity contribution is 6.07. The minimum absolute atomic E-state index is 0.0770. The first-order chi connectivity index (χ1) is 15.2. The van der Waals surface area contributed by atoms with Crippen LogP contribution in [0.5, 0.6) is 5.75 Å². The van der Waals surface area contributed by atoms with Crippen LogP contribution in [0.2, 0.25) is 0 Å². The Morgan fingerprint density at radius 2 is 1.77 bits per heavy atom. The largest absolute Gasteiger partial charge is 0.491 e. The Morgan fingerprint density at radius 3 is 2.48 bits per heavy atom. The van der Waals surface area contributed by atoms with Gasteiger partial charge in [0.1, 0.15) is 12.4 Å². The van der Waals surface area contributed by atoms with Crippen molar-refractivity contribution in [3.63, 3.8) is 0 Å². The van der Waals surface area contributed by atoms with Crippen LogP contribution >= 0.6 is 0 Å². The standard InChI is InChI=1S/C24H26N4O3/c1-27-13-5-14-28(23-22(27)25-20-7-2-3-8-21(20)26-23)24(29)17-9-11-18(12-10-17)31-16-19-6-4-15-30-19/h2-3,7-12,19H,4-6,13-16H2,1H3/t19-/m1/s1. The fourth-order valence-corrected chi connectivity index (χ4v) is 4.11. The van der Waals surface area contributed by atoms with Crippen LogP contribution in [0, 0.1) is 0 Å². The molecule has 2 aliphatic heterocycles. The highest BCUT2D eigenvalue weighted by Gasteiger charge is 2.27. The summed E-state index contributed by atoms with van der Waals surface area (Å²) >= 11 is 0. The molecule has 2 aromatic carbocycles. The normalized spacial score (nSPS) is 18.7. The number of carbonyl (C=O) groups is 1. The molecule has 0 aliphatic carbocycles. The fraction of sp³-hybridized carbons (Fsp3) is 0.375. The van der Waals surface area contributed by atoms with Crippen molar-refractivity contribution in [3.05, 3.63) is 54.1 Å². The van der Waals surface area contributed by atoms with Crippen molar-refractivity contribution in [2.24, 2.45) is 0 Å². The summed E-state index contributed by atoms with van der Waals surface area (Å²) in [6.45, 7) is 2.77. The van der Waals surface area contributed by atoms with Gasteiger partial charge in [-0.3, -0.25) is 9.69 Å². The molecular weight excluding hydrogens is 392 g/mol. The molecule has 7 heteroatoms. The minimum Gasteiger partial charge on any atom is -0.491 e. The molecule has 31 heavy (non-hydrogen) atoms. The molecule has 0 spiro atoms. The summed E-state index contributed by atoms with van der Waals surface area (Å²) in [6.07, 6.45) is 3.14. The van der Waals surface area contributed by atoms with Gasteiger partial charge in [-0.05, 0) is 55.7 Å². The lowest BCUT2D eigenvalue weighted by Gasteiger charge is -2.23. The highest BCUT2D eigenvalue weighted by atomic mass is 16.5. The van der Waals surface area contributed by atoms with Gasteiger partial charge < -0.3 is 14.4 Å². The predicted molar refractivity (Wildman–Crippen MR) is 120 cm³/mol. The number of benzene rings is 2. The molecule has 0 bridgehead atoms. The monoisotopic (exact) mass is 418 g/mol. The summed E-state index contributed by atoms with van der Waals surface area (Å²) in [7, 11) is 2.00. The van der Waals surface area contributed by atoms with Gasteiger partial charge in [-0.15, -0.1) is 0 Å². The Balaban J connectivity index is 1.39. The molecule has 0 N–H and O–H groups in total. The molecule has 0 unspecified atom stereocenters. The molecule has 160 valence electrons. The number of hydrogen-bond acceptors (Lipinski definition) is 6. The molecule has 7 nitrogen and oxygen atoms in total. The third-order valence-electron chi connectivity index (χ3n) is 5.83. The SMILES string of the molecule is CN1CCCN(C(=O)c2ccc(OC[C@H]3CCCO3)cc2)c2nc3ccccc3nc21. The van der Waals surface area contributed by atoms with E-state index in [-0.39, 0.29) is 12.0 Å². The lowest BCUT2D eigenvalue weighted by Crippen LogP contribution is -2.32. The van der Waals surface area contributed by atoms with Gasteiger partial charge in [0, 0.05) is 32.3 Å². The van der Waals surface area contributed by atoms with Gasteiger partial charge in [0.05, 0.1) is 17.1 Å². The summed E-state index contributed by atoms with van der Waals surface area (Å²) in [5, 5.41) is 0. The molecule has 2 aliphatic rings. The number of nitrogens with zero attached hydrogens (tertiary/aromatic N) is 4. The topological polar surface area (TPSA) is 67.8 Å². The van der Waals surface area contributed by atoms with E-state index < -0.39 is 0 Å². The molecule has 1 saturated heterocycles. The zero-order valence-corrected chi connectivity index (χ0v) is 17.7. The van der Waals surface area contributed by atoms with Crippen LogP contribution in [0.15, 0.2) is 48.5 Å². The Morgan fingerprint density at radius 1 is 1.03 bits per heavy atom. The van der Waals surface area contributed by atoms with E-state index in [0.717, 1.165) is 55.0 Å². The first kappa shape index (κ1) is 19.8. The smallest absolute Gasteiger partial charge is 0.259 e. The van der Waals surface area contributed by atoms with E-state index in [0.29, 0.717) is 24.5 Å². The third kappa shape index (κ3) is 4.05. The maximum Gasteiger partial charge on any atom is 0.259 e. The predicted octanol–water partition coefficient (Wildman–Crippen LogP) is 3.67. The summed E-state index contributed by atoms with van der Waals surface area (Å²) in [5.74, 6) is 2.02. The van der Waals surface area contributed by atoms with E-state index in [9.17, 15) is 4.79 Å². The van der Waals surface area contributed by atoms with Crippen LogP contribution in [0.25, 0.3) is 11.0 Å². The molecule has 0 saturated carbocycles. The Kier molecular flexibility index (Phi) is 5.42. The van der Waals surface area contributed by atoms with E-state index >= 15 is 0 Å². The van der Waals surface area contributed by atoms with Crippen molar-refractivity contribution >= 4 is 28.6 Å². The van der Waals surface area contributed by atoms with Crippen LogP contribution in [-0.4, -0.2) is 55.3 Å². The second kappa shape index (κ2) is 8.51. The van der Waals surface area contributed by atoms with Gasteiger partial charge in [-0.25, -0.2) is 9.97 Å². The molecule has 1 aromatic heterocycles. The first-order valence-electron chi connectivity index (χ1n) is 10.8. The maximum absolute atomic E-state index is 13.4. The summed E-state index contributed by atoms with van der Waals surface area (Å²) in [5.41, 5.74) is 2.22. The van der Waals surface area contributed by atoms with E-state index in [1.54, 1.807) is 4.90 Å². The summed E-state index contributed by atoms with van der Waals surface area (Å²) in [4.78, 5) is 26.8. The van der Waals surface area contributed by atoms with Crippen molar-refractivity contribution in [1.82, 2.24) is 9.97 Å². The second-order valence-electron chi connectivity index (χ2n) is 8.06. The number of amides is 1. The van der Waals surface area contributed by atoms with Crippen LogP contribution < -0.4 is 14.5 Å². The minimum atomic E-state index is -0.0770. The number of anilines is 2. The van der Waals surface area contributed by atoms with Gasteiger partial charge in [0.25, 0.3) is 5.91 Å². The second-order valence-corrected chi connectivity index (χ2v) is 8.06. The van der Waals surface area contributed by atoms with Crippen molar-refractivity contribution in [2.75, 3.05) is 43.2 Å².